The third kappa shape index (κ3) is 2.54. The summed E-state index contributed by atoms with van der Waals surface area (Å²) in [5, 5.41) is 0.582. The molecule has 0 saturated carbocycles. The third-order valence-electron chi connectivity index (χ3n) is 3.24. The van der Waals surface area contributed by atoms with Crippen LogP contribution in [0.5, 0.6) is 5.75 Å². The number of aromatic nitrogens is 2. The molecule has 0 aliphatic carbocycles. The van der Waals surface area contributed by atoms with Gasteiger partial charge >= 0.3 is 0 Å². The fraction of sp³-hybridized carbons (Fsp3) is 0.188. The number of imidazole rings is 1. The SMILES string of the molecule is CCCOc1ccc(-c2nc3c(Cl)cccn3c2N)cc1. The zero-order valence-electron chi connectivity index (χ0n) is 11.7. The first-order chi connectivity index (χ1) is 10.2. The van der Waals surface area contributed by atoms with Crippen molar-refractivity contribution in [2.45, 2.75) is 13.3 Å². The Hall–Kier alpha value is -2.20. The number of ether oxygens (including phenoxy) is 1. The van der Waals surface area contributed by atoms with Crippen LogP contribution in [-0.4, -0.2) is 16.0 Å². The van der Waals surface area contributed by atoms with E-state index in [1.807, 2.05) is 36.5 Å². The number of pyridine rings is 1. The second-order valence-electron chi connectivity index (χ2n) is 4.77. The molecule has 1 aromatic carbocycles. The maximum atomic E-state index is 6.17. The van der Waals surface area contributed by atoms with Gasteiger partial charge in [0.2, 0.25) is 0 Å². The quantitative estimate of drug-likeness (QED) is 0.791. The molecule has 0 aliphatic heterocycles. The number of hydrogen-bond donors (Lipinski definition) is 1. The molecule has 0 atom stereocenters. The lowest BCUT2D eigenvalue weighted by atomic mass is 10.1. The van der Waals surface area contributed by atoms with Gasteiger partial charge in [-0.05, 0) is 42.8 Å². The summed E-state index contributed by atoms with van der Waals surface area (Å²) >= 11 is 6.15. The average Bonchev–Trinajstić information content (AvgIpc) is 2.85. The maximum Gasteiger partial charge on any atom is 0.157 e. The van der Waals surface area contributed by atoms with E-state index in [0.29, 0.717) is 23.1 Å². The Morgan fingerprint density at radius 1 is 1.24 bits per heavy atom. The Kier molecular flexibility index (Phi) is 3.71. The third-order valence-corrected chi connectivity index (χ3v) is 3.53. The lowest BCUT2D eigenvalue weighted by molar-refractivity contribution is 0.317. The minimum atomic E-state index is 0.578. The molecular formula is C16H16ClN3O. The van der Waals surface area contributed by atoms with Crippen molar-refractivity contribution in [3.63, 3.8) is 0 Å². The van der Waals surface area contributed by atoms with Gasteiger partial charge in [-0.25, -0.2) is 4.98 Å². The fourth-order valence-electron chi connectivity index (χ4n) is 2.19. The lowest BCUT2D eigenvalue weighted by Gasteiger charge is -2.05. The molecule has 0 saturated heterocycles. The van der Waals surface area contributed by atoms with E-state index in [2.05, 4.69) is 11.9 Å². The average molecular weight is 302 g/mol. The van der Waals surface area contributed by atoms with Crippen LogP contribution < -0.4 is 10.5 Å². The first-order valence-corrected chi connectivity index (χ1v) is 7.23. The van der Waals surface area contributed by atoms with Gasteiger partial charge in [0, 0.05) is 11.8 Å². The van der Waals surface area contributed by atoms with E-state index >= 15 is 0 Å². The molecule has 3 aromatic rings. The van der Waals surface area contributed by atoms with E-state index in [4.69, 9.17) is 22.1 Å². The summed E-state index contributed by atoms with van der Waals surface area (Å²) in [6, 6.07) is 11.4. The highest BCUT2D eigenvalue weighted by atomic mass is 35.5. The van der Waals surface area contributed by atoms with Crippen LogP contribution in [0.25, 0.3) is 16.9 Å². The van der Waals surface area contributed by atoms with Gasteiger partial charge in [-0.2, -0.15) is 0 Å². The first-order valence-electron chi connectivity index (χ1n) is 6.86. The minimum Gasteiger partial charge on any atom is -0.494 e. The summed E-state index contributed by atoms with van der Waals surface area (Å²) in [5.74, 6) is 1.43. The van der Waals surface area contributed by atoms with Gasteiger partial charge < -0.3 is 10.5 Å². The highest BCUT2D eigenvalue weighted by Gasteiger charge is 2.13. The smallest absolute Gasteiger partial charge is 0.157 e. The van der Waals surface area contributed by atoms with Crippen molar-refractivity contribution in [1.82, 2.24) is 9.38 Å². The molecule has 3 rings (SSSR count). The van der Waals surface area contributed by atoms with Crippen molar-refractivity contribution < 1.29 is 4.74 Å². The van der Waals surface area contributed by atoms with Crippen LogP contribution in [0.3, 0.4) is 0 Å². The van der Waals surface area contributed by atoms with Crippen LogP contribution in [0.15, 0.2) is 42.6 Å². The molecule has 0 amide bonds. The van der Waals surface area contributed by atoms with E-state index in [1.165, 1.54) is 0 Å². The Morgan fingerprint density at radius 3 is 2.67 bits per heavy atom. The normalized spacial score (nSPS) is 11.0. The van der Waals surface area contributed by atoms with Crippen LogP contribution in [0, 0.1) is 0 Å². The molecule has 0 spiro atoms. The molecule has 2 N–H and O–H groups in total. The fourth-order valence-corrected chi connectivity index (χ4v) is 2.40. The van der Waals surface area contributed by atoms with Crippen LogP contribution in [0.4, 0.5) is 5.82 Å². The monoisotopic (exact) mass is 301 g/mol. The topological polar surface area (TPSA) is 52.5 Å². The Balaban J connectivity index is 2.00. The predicted octanol–water partition coefficient (Wildman–Crippen LogP) is 4.03. The number of halogens is 1. The second kappa shape index (κ2) is 5.66. The molecule has 0 fully saturated rings. The molecule has 108 valence electrons. The number of nitrogens with zero attached hydrogens (tertiary/aromatic N) is 2. The molecule has 0 bridgehead atoms. The number of hydrogen-bond acceptors (Lipinski definition) is 3. The van der Waals surface area contributed by atoms with Crippen LogP contribution in [-0.2, 0) is 0 Å². The van der Waals surface area contributed by atoms with Crippen LogP contribution in [0.1, 0.15) is 13.3 Å². The van der Waals surface area contributed by atoms with Crippen molar-refractivity contribution in [2.24, 2.45) is 0 Å². The van der Waals surface area contributed by atoms with E-state index in [9.17, 15) is 0 Å². The number of anilines is 1. The summed E-state index contributed by atoms with van der Waals surface area (Å²) in [6.45, 7) is 2.79. The second-order valence-corrected chi connectivity index (χ2v) is 5.18. The Bertz CT molecular complexity index is 765. The largest absolute Gasteiger partial charge is 0.494 e. The van der Waals surface area contributed by atoms with Gasteiger partial charge in [0.25, 0.3) is 0 Å². The summed E-state index contributed by atoms with van der Waals surface area (Å²) in [5.41, 5.74) is 8.50. The molecule has 21 heavy (non-hydrogen) atoms. The van der Waals surface area contributed by atoms with Gasteiger partial charge in [-0.3, -0.25) is 4.40 Å². The van der Waals surface area contributed by atoms with Crippen molar-refractivity contribution >= 4 is 23.1 Å². The van der Waals surface area contributed by atoms with E-state index in [1.54, 1.807) is 10.5 Å². The lowest BCUT2D eigenvalue weighted by Crippen LogP contribution is -1.95. The summed E-state index contributed by atoms with van der Waals surface area (Å²) in [7, 11) is 0. The number of nitrogen functional groups attached to an aromatic ring is 1. The summed E-state index contributed by atoms with van der Waals surface area (Å²) < 4.78 is 7.37. The van der Waals surface area contributed by atoms with Gasteiger partial charge in [0.1, 0.15) is 17.3 Å². The van der Waals surface area contributed by atoms with Crippen molar-refractivity contribution in [3.8, 4) is 17.0 Å². The van der Waals surface area contributed by atoms with Gasteiger partial charge in [-0.1, -0.05) is 18.5 Å². The van der Waals surface area contributed by atoms with Gasteiger partial charge in [0.05, 0.1) is 11.6 Å². The van der Waals surface area contributed by atoms with Crippen LogP contribution >= 0.6 is 11.6 Å². The van der Waals surface area contributed by atoms with Crippen molar-refractivity contribution in [3.05, 3.63) is 47.6 Å². The summed E-state index contributed by atoms with van der Waals surface area (Å²) in [6.07, 6.45) is 2.84. The number of nitrogens with two attached hydrogens (primary N) is 1. The highest BCUT2D eigenvalue weighted by molar-refractivity contribution is 6.33. The molecular weight excluding hydrogens is 286 g/mol. The molecule has 2 heterocycles. The Morgan fingerprint density at radius 2 is 2.00 bits per heavy atom. The van der Waals surface area contributed by atoms with Gasteiger partial charge in [0.15, 0.2) is 5.65 Å². The molecule has 0 radical (unpaired) electrons. The zero-order valence-corrected chi connectivity index (χ0v) is 12.5. The Labute approximate surface area is 128 Å². The molecule has 2 aromatic heterocycles. The number of rotatable bonds is 4. The summed E-state index contributed by atoms with van der Waals surface area (Å²) in [4.78, 5) is 4.54. The van der Waals surface area contributed by atoms with Crippen molar-refractivity contribution in [1.29, 1.82) is 0 Å². The molecule has 0 unspecified atom stereocenters. The number of fused-ring (bicyclic) bond motifs is 1. The molecule has 5 heteroatoms. The van der Waals surface area contributed by atoms with Gasteiger partial charge in [-0.15, -0.1) is 0 Å². The predicted molar refractivity (Wildman–Crippen MR) is 85.8 cm³/mol. The zero-order chi connectivity index (χ0) is 14.8. The minimum absolute atomic E-state index is 0.578. The molecule has 4 nitrogen and oxygen atoms in total. The number of benzene rings is 1. The maximum absolute atomic E-state index is 6.17. The van der Waals surface area contributed by atoms with E-state index in [-0.39, 0.29) is 0 Å². The van der Waals surface area contributed by atoms with E-state index < -0.39 is 0 Å². The standard InChI is InChI=1S/C16H16ClN3O/c1-2-10-21-12-7-5-11(6-8-12)14-15(18)20-9-3-4-13(17)16(20)19-14/h3-9H,2,10,18H2,1H3. The van der Waals surface area contributed by atoms with Crippen molar-refractivity contribution in [2.75, 3.05) is 12.3 Å². The van der Waals surface area contributed by atoms with E-state index in [0.717, 1.165) is 23.4 Å². The first kappa shape index (κ1) is 13.8. The molecule has 0 aliphatic rings. The highest BCUT2D eigenvalue weighted by Crippen LogP contribution is 2.30. The van der Waals surface area contributed by atoms with Crippen LogP contribution in [0.2, 0.25) is 5.02 Å².